The third kappa shape index (κ3) is 6.46. The van der Waals surface area contributed by atoms with Crippen LogP contribution in [0.25, 0.3) is 11.0 Å². The number of fused-ring (bicyclic) bond motifs is 1. The summed E-state index contributed by atoms with van der Waals surface area (Å²) in [5.41, 5.74) is -0.737. The van der Waals surface area contributed by atoms with E-state index in [1.807, 2.05) is 26.0 Å². The smallest absolute Gasteiger partial charge is 0.407 e. The number of carbonyl (C=O) groups is 2. The fourth-order valence-corrected chi connectivity index (χ4v) is 5.24. The zero-order chi connectivity index (χ0) is 29.3. The number of carbonyl (C=O) groups excluding carboxylic acids is 2. The molecule has 0 spiro atoms. The van der Waals surface area contributed by atoms with Gasteiger partial charge in [-0.15, -0.1) is 0 Å². The highest BCUT2D eigenvalue weighted by Crippen LogP contribution is 2.40. The summed E-state index contributed by atoms with van der Waals surface area (Å²) >= 11 is 0. The molecule has 1 saturated carbocycles. The lowest BCUT2D eigenvalue weighted by atomic mass is 9.93. The van der Waals surface area contributed by atoms with Gasteiger partial charge in [-0.1, -0.05) is 26.7 Å². The van der Waals surface area contributed by atoms with Crippen LogP contribution in [0, 0.1) is 12.3 Å². The van der Waals surface area contributed by atoms with Crippen LogP contribution in [0.5, 0.6) is 5.75 Å². The van der Waals surface area contributed by atoms with Crippen molar-refractivity contribution in [1.82, 2.24) is 30.0 Å². The summed E-state index contributed by atoms with van der Waals surface area (Å²) in [4.78, 5) is 42.5. The first kappa shape index (κ1) is 29.1. The van der Waals surface area contributed by atoms with Crippen LogP contribution in [-0.4, -0.2) is 55.1 Å². The van der Waals surface area contributed by atoms with Crippen molar-refractivity contribution in [2.75, 3.05) is 13.1 Å². The Hall–Kier alpha value is -3.89. The van der Waals surface area contributed by atoms with Crippen LogP contribution in [-0.2, 0) is 16.8 Å². The van der Waals surface area contributed by atoms with E-state index >= 15 is 0 Å². The molecule has 0 aromatic carbocycles. The first-order valence-corrected chi connectivity index (χ1v) is 13.7. The molecule has 0 saturated heterocycles. The number of aromatic nitrogens is 4. The number of nitrogens with one attached hydrogen (secondary N) is 2. The van der Waals surface area contributed by atoms with Crippen LogP contribution in [0.2, 0.25) is 0 Å². The molecule has 0 bridgehead atoms. The number of rotatable bonds is 8. The molecule has 216 valence electrons. The van der Waals surface area contributed by atoms with Gasteiger partial charge in [0.05, 0.1) is 18.3 Å². The number of nitrogens with zero attached hydrogens (tertiary/aromatic N) is 4. The molecule has 1 fully saturated rings. The van der Waals surface area contributed by atoms with Crippen molar-refractivity contribution in [2.24, 2.45) is 5.41 Å². The van der Waals surface area contributed by atoms with Gasteiger partial charge in [-0.2, -0.15) is 5.10 Å². The van der Waals surface area contributed by atoms with Gasteiger partial charge >= 0.3 is 6.09 Å². The van der Waals surface area contributed by atoms with Crippen LogP contribution in [0.1, 0.15) is 76.4 Å². The summed E-state index contributed by atoms with van der Waals surface area (Å²) in [5, 5.41) is 21.4. The highest BCUT2D eigenvalue weighted by molar-refractivity contribution is 5.92. The van der Waals surface area contributed by atoms with Crippen LogP contribution in [0.3, 0.4) is 0 Å². The van der Waals surface area contributed by atoms with Crippen molar-refractivity contribution in [1.29, 1.82) is 0 Å². The lowest BCUT2D eigenvalue weighted by Gasteiger charge is -2.32. The van der Waals surface area contributed by atoms with Gasteiger partial charge in [0, 0.05) is 30.9 Å². The van der Waals surface area contributed by atoms with Gasteiger partial charge < -0.3 is 25.0 Å². The molecule has 2 amide bonds. The lowest BCUT2D eigenvalue weighted by molar-refractivity contribution is 0.0506. The maximum atomic E-state index is 13.1. The van der Waals surface area contributed by atoms with Crippen LogP contribution < -0.4 is 16.1 Å². The molecule has 3 aromatic heterocycles. The SMILES string of the molecule is Cc1cn(C2(Cn3cc(O)c(=O)c(C(=O)NCC(C)(C)CNC(=O)OC(C)(C)C)n3)CCCC2)c2ncccc12. The number of ether oxygens (including phenoxy) is 1. The van der Waals surface area contributed by atoms with Crippen molar-refractivity contribution < 1.29 is 19.4 Å². The second kappa shape index (κ2) is 10.9. The number of amides is 2. The molecule has 0 unspecified atom stereocenters. The van der Waals surface area contributed by atoms with Crippen molar-refractivity contribution in [3.05, 3.63) is 52.2 Å². The second-order valence-corrected chi connectivity index (χ2v) is 12.6. The average molecular weight is 553 g/mol. The minimum atomic E-state index is -0.831. The number of aromatic hydroxyl groups is 1. The van der Waals surface area contributed by atoms with Crippen LogP contribution in [0.4, 0.5) is 4.79 Å². The van der Waals surface area contributed by atoms with E-state index in [1.165, 1.54) is 10.9 Å². The predicted molar refractivity (Wildman–Crippen MR) is 151 cm³/mol. The fraction of sp³-hybridized carbons (Fsp3) is 0.552. The highest BCUT2D eigenvalue weighted by atomic mass is 16.6. The number of hydrogen-bond acceptors (Lipinski definition) is 7. The number of hydrogen-bond donors (Lipinski definition) is 3. The first-order valence-electron chi connectivity index (χ1n) is 13.7. The molecule has 3 aromatic rings. The van der Waals surface area contributed by atoms with Gasteiger partial charge in [0.2, 0.25) is 0 Å². The standard InChI is InChI=1S/C29H40N6O5/c1-19-14-35(24-20(19)10-9-13-30-24)29(11-7-8-12-29)18-34-15-21(36)23(37)22(33-34)25(38)31-16-28(5,6)17-32-26(39)40-27(2,3)4/h9-10,13-15,36H,7-8,11-12,16-18H2,1-6H3,(H,31,38)(H,32,39). The van der Waals surface area contributed by atoms with Crippen molar-refractivity contribution in [3.63, 3.8) is 0 Å². The van der Waals surface area contributed by atoms with E-state index in [0.717, 1.165) is 42.3 Å². The maximum Gasteiger partial charge on any atom is 0.407 e. The molecule has 0 atom stereocenters. The van der Waals surface area contributed by atoms with E-state index < -0.39 is 34.2 Å². The summed E-state index contributed by atoms with van der Waals surface area (Å²) in [6, 6.07) is 3.97. The quantitative estimate of drug-likeness (QED) is 0.385. The lowest BCUT2D eigenvalue weighted by Crippen LogP contribution is -2.44. The van der Waals surface area contributed by atoms with E-state index in [9.17, 15) is 19.5 Å². The Kier molecular flexibility index (Phi) is 7.96. The number of aryl methyl sites for hydroxylation is 1. The molecule has 1 aliphatic carbocycles. The minimum absolute atomic E-state index is 0.155. The van der Waals surface area contributed by atoms with Crippen molar-refractivity contribution >= 4 is 23.0 Å². The summed E-state index contributed by atoms with van der Waals surface area (Å²) in [6.07, 6.45) is 8.42. The Morgan fingerprint density at radius 1 is 1.10 bits per heavy atom. The number of pyridine rings is 1. The summed E-state index contributed by atoms with van der Waals surface area (Å²) < 4.78 is 8.96. The average Bonchev–Trinajstić information content (AvgIpc) is 3.48. The molecular formula is C29H40N6O5. The van der Waals surface area contributed by atoms with Crippen molar-refractivity contribution in [3.8, 4) is 5.75 Å². The highest BCUT2D eigenvalue weighted by Gasteiger charge is 2.38. The largest absolute Gasteiger partial charge is 0.503 e. The first-order chi connectivity index (χ1) is 18.7. The van der Waals surface area contributed by atoms with E-state index in [0.29, 0.717) is 6.54 Å². The summed E-state index contributed by atoms with van der Waals surface area (Å²) in [5.74, 6) is -1.23. The van der Waals surface area contributed by atoms with Crippen molar-refractivity contribution in [2.45, 2.75) is 84.9 Å². The molecule has 0 radical (unpaired) electrons. The Morgan fingerprint density at radius 2 is 1.77 bits per heavy atom. The fourth-order valence-electron chi connectivity index (χ4n) is 5.24. The molecule has 1 aliphatic rings. The molecule has 0 aliphatic heterocycles. The zero-order valence-electron chi connectivity index (χ0n) is 24.2. The Balaban J connectivity index is 1.52. The zero-order valence-corrected chi connectivity index (χ0v) is 24.2. The number of alkyl carbamates (subject to hydrolysis) is 1. The topological polar surface area (TPSA) is 140 Å². The third-order valence-electron chi connectivity index (χ3n) is 7.26. The maximum absolute atomic E-state index is 13.1. The van der Waals surface area contributed by atoms with E-state index in [4.69, 9.17) is 4.74 Å². The molecule has 3 N–H and O–H groups in total. The minimum Gasteiger partial charge on any atom is -0.503 e. The summed E-state index contributed by atoms with van der Waals surface area (Å²) in [7, 11) is 0. The molecule has 11 nitrogen and oxygen atoms in total. The summed E-state index contributed by atoms with van der Waals surface area (Å²) in [6.45, 7) is 11.9. The third-order valence-corrected chi connectivity index (χ3v) is 7.26. The van der Waals surface area contributed by atoms with E-state index in [2.05, 4.69) is 38.4 Å². The Bertz CT molecular complexity index is 1460. The monoisotopic (exact) mass is 552 g/mol. The van der Waals surface area contributed by atoms with E-state index in [1.54, 1.807) is 27.0 Å². The Labute approximate surface area is 233 Å². The second-order valence-electron chi connectivity index (χ2n) is 12.6. The van der Waals surface area contributed by atoms with Gasteiger partial charge in [0.15, 0.2) is 11.4 Å². The van der Waals surface area contributed by atoms with Crippen LogP contribution >= 0.6 is 0 Å². The van der Waals surface area contributed by atoms with Gasteiger partial charge in [-0.05, 0) is 63.6 Å². The van der Waals surface area contributed by atoms with E-state index in [-0.39, 0.29) is 24.3 Å². The van der Waals surface area contributed by atoms with Gasteiger partial charge in [-0.3, -0.25) is 14.3 Å². The van der Waals surface area contributed by atoms with Crippen LogP contribution in [0.15, 0.2) is 35.5 Å². The Morgan fingerprint density at radius 3 is 2.45 bits per heavy atom. The van der Waals surface area contributed by atoms with Gasteiger partial charge in [-0.25, -0.2) is 9.78 Å². The normalized spacial score (nSPS) is 15.2. The molecular weight excluding hydrogens is 512 g/mol. The molecule has 4 rings (SSSR count). The molecule has 40 heavy (non-hydrogen) atoms. The van der Waals surface area contributed by atoms with Gasteiger partial charge in [0.1, 0.15) is 11.2 Å². The predicted octanol–water partition coefficient (Wildman–Crippen LogP) is 3.86. The molecule has 11 heteroatoms. The van der Waals surface area contributed by atoms with Gasteiger partial charge in [0.25, 0.3) is 11.3 Å². The molecule has 3 heterocycles.